The molecule has 2 aliphatic rings. The predicted octanol–water partition coefficient (Wildman–Crippen LogP) is 2.04. The van der Waals surface area contributed by atoms with Gasteiger partial charge in [-0.15, -0.1) is 10.2 Å². The van der Waals surface area contributed by atoms with Crippen molar-refractivity contribution in [2.45, 2.75) is 32.3 Å². The molecule has 0 unspecified atom stereocenters. The molecule has 1 N–H and O–H groups in total. The lowest BCUT2D eigenvalue weighted by Crippen LogP contribution is -2.65. The summed E-state index contributed by atoms with van der Waals surface area (Å²) >= 11 is 1.65. The van der Waals surface area contributed by atoms with E-state index >= 15 is 0 Å². The van der Waals surface area contributed by atoms with Crippen molar-refractivity contribution in [3.05, 3.63) is 23.0 Å². The normalized spacial score (nSPS) is 21.9. The number of anilines is 2. The molecule has 1 spiro atoms. The van der Waals surface area contributed by atoms with Crippen molar-refractivity contribution >= 4 is 22.4 Å². The first kappa shape index (κ1) is 15.7. The quantitative estimate of drug-likeness (QED) is 0.888. The fraction of sp³-hybridized carbons (Fsp3) is 0.625. The van der Waals surface area contributed by atoms with Crippen LogP contribution in [-0.4, -0.2) is 52.0 Å². The highest BCUT2D eigenvalue weighted by Crippen LogP contribution is 2.43. The fourth-order valence-corrected chi connectivity index (χ4v) is 4.22. The van der Waals surface area contributed by atoms with E-state index in [-0.39, 0.29) is 5.60 Å². The van der Waals surface area contributed by atoms with Gasteiger partial charge >= 0.3 is 0 Å². The van der Waals surface area contributed by atoms with E-state index < -0.39 is 0 Å². The summed E-state index contributed by atoms with van der Waals surface area (Å²) in [5, 5.41) is 13.7. The maximum Gasteiger partial charge on any atom is 0.222 e. The molecule has 0 aliphatic carbocycles. The molecule has 2 aromatic rings. The zero-order chi connectivity index (χ0) is 16.6. The summed E-state index contributed by atoms with van der Waals surface area (Å²) in [6.07, 6.45) is 5.87. The Morgan fingerprint density at radius 2 is 2.08 bits per heavy atom. The lowest BCUT2D eigenvalue weighted by atomic mass is 9.79. The molecule has 128 valence electrons. The van der Waals surface area contributed by atoms with Crippen LogP contribution < -0.4 is 10.2 Å². The van der Waals surface area contributed by atoms with E-state index in [1.54, 1.807) is 11.3 Å². The fourth-order valence-electron chi connectivity index (χ4n) is 3.53. The Bertz CT molecular complexity index is 697. The molecule has 2 aromatic heterocycles. The molecular formula is C16H22N6OS. The van der Waals surface area contributed by atoms with Gasteiger partial charge in [-0.1, -0.05) is 11.3 Å². The summed E-state index contributed by atoms with van der Waals surface area (Å²) in [6.45, 7) is 7.56. The topological polar surface area (TPSA) is 76.1 Å². The molecule has 4 rings (SSSR count). The Labute approximate surface area is 145 Å². The van der Waals surface area contributed by atoms with E-state index in [0.717, 1.165) is 54.8 Å². The van der Waals surface area contributed by atoms with Crippen LogP contribution in [0.5, 0.6) is 0 Å². The van der Waals surface area contributed by atoms with Crippen LogP contribution in [0, 0.1) is 19.8 Å². The Morgan fingerprint density at radius 3 is 2.79 bits per heavy atom. The smallest absolute Gasteiger partial charge is 0.222 e. The van der Waals surface area contributed by atoms with E-state index in [1.165, 1.54) is 0 Å². The van der Waals surface area contributed by atoms with Gasteiger partial charge in [-0.05, 0) is 38.2 Å². The SMILES string of the molecule is Cc1cnc(NCC[C@@H]2CCOC23CN(c2nnc(C)s2)C3)nc1. The standard InChI is InChI=1S/C16H22N6OS/c1-11-7-18-14(19-8-11)17-5-3-13-4-6-23-16(13)9-22(10-16)15-21-20-12(2)24-15/h7-8,13H,3-6,9-10H2,1-2H3,(H,17,18,19)/t13-/m1/s1. The monoisotopic (exact) mass is 346 g/mol. The van der Waals surface area contributed by atoms with Crippen molar-refractivity contribution in [3.8, 4) is 0 Å². The molecule has 8 heteroatoms. The van der Waals surface area contributed by atoms with Gasteiger partial charge < -0.3 is 15.0 Å². The number of rotatable bonds is 5. The van der Waals surface area contributed by atoms with Gasteiger partial charge in [0.05, 0.1) is 13.1 Å². The second kappa shape index (κ2) is 6.25. The maximum atomic E-state index is 6.12. The number of hydrogen-bond donors (Lipinski definition) is 1. The predicted molar refractivity (Wildman–Crippen MR) is 93.5 cm³/mol. The molecule has 2 saturated heterocycles. The molecule has 0 radical (unpaired) electrons. The van der Waals surface area contributed by atoms with Crippen LogP contribution in [0.1, 0.15) is 23.4 Å². The first-order chi connectivity index (χ1) is 11.6. The molecule has 0 saturated carbocycles. The van der Waals surface area contributed by atoms with Gasteiger partial charge in [0.25, 0.3) is 0 Å². The van der Waals surface area contributed by atoms with Gasteiger partial charge in [0.15, 0.2) is 0 Å². The summed E-state index contributed by atoms with van der Waals surface area (Å²) in [5.41, 5.74) is 1.07. The maximum absolute atomic E-state index is 6.12. The zero-order valence-electron chi connectivity index (χ0n) is 14.0. The minimum absolute atomic E-state index is 0.00458. The van der Waals surface area contributed by atoms with Crippen molar-refractivity contribution in [3.63, 3.8) is 0 Å². The van der Waals surface area contributed by atoms with Crippen LogP contribution in [0.25, 0.3) is 0 Å². The van der Waals surface area contributed by atoms with E-state index in [4.69, 9.17) is 4.74 Å². The average Bonchev–Trinajstić information content (AvgIpc) is 3.14. The molecule has 0 amide bonds. The minimum atomic E-state index is -0.00458. The van der Waals surface area contributed by atoms with Gasteiger partial charge in [-0.3, -0.25) is 0 Å². The Balaban J connectivity index is 1.30. The number of hydrogen-bond acceptors (Lipinski definition) is 8. The lowest BCUT2D eigenvalue weighted by Gasteiger charge is -2.50. The first-order valence-electron chi connectivity index (χ1n) is 8.36. The first-order valence-corrected chi connectivity index (χ1v) is 9.18. The van der Waals surface area contributed by atoms with Crippen LogP contribution in [0.15, 0.2) is 12.4 Å². The summed E-state index contributed by atoms with van der Waals surface area (Å²) < 4.78 is 6.12. The Hall–Kier alpha value is -1.80. The van der Waals surface area contributed by atoms with E-state index in [2.05, 4.69) is 30.4 Å². The summed E-state index contributed by atoms with van der Waals surface area (Å²) in [5.74, 6) is 1.27. The highest BCUT2D eigenvalue weighted by molar-refractivity contribution is 7.15. The Morgan fingerprint density at radius 1 is 1.29 bits per heavy atom. The van der Waals surface area contributed by atoms with Crippen LogP contribution in [0.2, 0.25) is 0 Å². The molecule has 7 nitrogen and oxygen atoms in total. The number of ether oxygens (including phenoxy) is 1. The third-order valence-corrected chi connectivity index (χ3v) is 5.76. The van der Waals surface area contributed by atoms with Crippen LogP contribution in [0.4, 0.5) is 11.1 Å². The lowest BCUT2D eigenvalue weighted by molar-refractivity contribution is -0.0447. The number of aryl methyl sites for hydroxylation is 2. The number of nitrogens with zero attached hydrogens (tertiary/aromatic N) is 5. The molecule has 2 aliphatic heterocycles. The van der Waals surface area contributed by atoms with Gasteiger partial charge in [0, 0.05) is 25.5 Å². The second-order valence-corrected chi connectivity index (χ2v) is 7.82. The second-order valence-electron chi connectivity index (χ2n) is 6.66. The zero-order valence-corrected chi connectivity index (χ0v) is 14.8. The van der Waals surface area contributed by atoms with Crippen molar-refractivity contribution in [1.29, 1.82) is 0 Å². The van der Waals surface area contributed by atoms with Gasteiger partial charge in [0.1, 0.15) is 10.6 Å². The number of aromatic nitrogens is 4. The third kappa shape index (κ3) is 2.95. The molecule has 4 heterocycles. The van der Waals surface area contributed by atoms with Crippen LogP contribution in [0.3, 0.4) is 0 Å². The number of nitrogens with one attached hydrogen (secondary N) is 1. The van der Waals surface area contributed by atoms with Gasteiger partial charge in [0.2, 0.25) is 11.1 Å². The molecular weight excluding hydrogens is 324 g/mol. The molecule has 0 bridgehead atoms. The van der Waals surface area contributed by atoms with Gasteiger partial charge in [-0.2, -0.15) is 0 Å². The highest BCUT2D eigenvalue weighted by atomic mass is 32.1. The summed E-state index contributed by atoms with van der Waals surface area (Å²) in [6, 6.07) is 0. The Kier molecular flexibility index (Phi) is 4.09. The third-order valence-electron chi connectivity index (χ3n) is 4.86. The van der Waals surface area contributed by atoms with Crippen molar-refractivity contribution in [2.24, 2.45) is 5.92 Å². The summed E-state index contributed by atoms with van der Waals surface area (Å²) in [7, 11) is 0. The highest BCUT2D eigenvalue weighted by Gasteiger charge is 2.53. The van der Waals surface area contributed by atoms with Crippen LogP contribution in [-0.2, 0) is 4.74 Å². The van der Waals surface area contributed by atoms with Gasteiger partial charge in [-0.25, -0.2) is 9.97 Å². The van der Waals surface area contributed by atoms with Crippen molar-refractivity contribution in [1.82, 2.24) is 20.2 Å². The molecule has 1 atom stereocenters. The van der Waals surface area contributed by atoms with E-state index in [1.807, 2.05) is 26.2 Å². The molecule has 24 heavy (non-hydrogen) atoms. The minimum Gasteiger partial charge on any atom is -0.371 e. The largest absolute Gasteiger partial charge is 0.371 e. The van der Waals surface area contributed by atoms with E-state index in [0.29, 0.717) is 11.9 Å². The van der Waals surface area contributed by atoms with Crippen molar-refractivity contribution < 1.29 is 4.74 Å². The van der Waals surface area contributed by atoms with Crippen LogP contribution >= 0.6 is 11.3 Å². The summed E-state index contributed by atoms with van der Waals surface area (Å²) in [4.78, 5) is 10.9. The van der Waals surface area contributed by atoms with E-state index in [9.17, 15) is 0 Å². The molecule has 2 fully saturated rings. The van der Waals surface area contributed by atoms with Crippen molar-refractivity contribution in [2.75, 3.05) is 36.5 Å². The molecule has 0 aromatic carbocycles. The average molecular weight is 346 g/mol.